The number of H-pyrrole nitrogens is 1. The quantitative estimate of drug-likeness (QED) is 0.454. The highest BCUT2D eigenvalue weighted by Gasteiger charge is 2.47. The molecule has 0 radical (unpaired) electrons. The Morgan fingerprint density at radius 3 is 2.72 bits per heavy atom. The molecule has 5 heterocycles. The SMILES string of the molecule is [C-]#[N+]c1ccc2c(c1)N(CCS(C)(=O)=O)CCN2c1n[nH]c2nc(N3CCC4(CC3)CO[C@@H](C)[C@H]4N)cnc12. The second-order valence-electron chi connectivity index (χ2n) is 10.9. The molecule has 2 atom stereocenters. The summed E-state index contributed by atoms with van der Waals surface area (Å²) in [7, 11) is -3.12. The van der Waals surface area contributed by atoms with Crippen molar-refractivity contribution in [2.24, 2.45) is 11.1 Å². The first-order valence-corrected chi connectivity index (χ1v) is 15.3. The highest BCUT2D eigenvalue weighted by molar-refractivity contribution is 7.90. The van der Waals surface area contributed by atoms with E-state index in [0.29, 0.717) is 42.3 Å². The van der Waals surface area contributed by atoms with Crippen LogP contribution in [0.5, 0.6) is 0 Å². The topological polar surface area (TPSA) is 138 Å². The second kappa shape index (κ2) is 9.62. The first kappa shape index (κ1) is 25.8. The normalized spacial score (nSPS) is 22.9. The molecule has 3 aromatic rings. The van der Waals surface area contributed by atoms with Gasteiger partial charge in [0.1, 0.15) is 15.7 Å². The lowest BCUT2D eigenvalue weighted by Crippen LogP contribution is -2.50. The lowest BCUT2D eigenvalue weighted by molar-refractivity contribution is 0.0974. The van der Waals surface area contributed by atoms with Gasteiger partial charge in [-0.25, -0.2) is 23.2 Å². The largest absolute Gasteiger partial charge is 0.376 e. The Balaban J connectivity index is 1.25. The molecule has 0 aliphatic carbocycles. The molecule has 1 aromatic carbocycles. The van der Waals surface area contributed by atoms with Crippen molar-refractivity contribution in [2.45, 2.75) is 31.9 Å². The van der Waals surface area contributed by atoms with Gasteiger partial charge in [-0.2, -0.15) is 5.10 Å². The average Bonchev–Trinajstić information content (AvgIpc) is 3.47. The molecule has 2 saturated heterocycles. The minimum atomic E-state index is -3.12. The van der Waals surface area contributed by atoms with Gasteiger partial charge in [-0.3, -0.25) is 5.10 Å². The summed E-state index contributed by atoms with van der Waals surface area (Å²) in [5, 5.41) is 7.65. The molecule has 13 heteroatoms. The van der Waals surface area contributed by atoms with Crippen molar-refractivity contribution in [3.8, 4) is 0 Å². The van der Waals surface area contributed by atoms with Gasteiger partial charge in [-0.05, 0) is 31.9 Å². The summed E-state index contributed by atoms with van der Waals surface area (Å²) in [6.07, 6.45) is 5.05. The van der Waals surface area contributed by atoms with Crippen LogP contribution in [0.2, 0.25) is 0 Å². The number of sulfone groups is 1. The standard InChI is InChI=1S/C26H33N9O3S/c1-17-23(27)26(16-38-17)6-8-34(9-7-26)21-15-29-22-24(30-21)31-32-25(22)35-11-10-33(12-13-39(3,36)37)20-14-18(28-2)4-5-19(20)35/h4-5,14-15,17,23H,6-13,16,27H2,1,3H3,(H,30,31,32)/t17-,23+/m0/s1. The van der Waals surface area contributed by atoms with E-state index in [1.807, 2.05) is 11.0 Å². The third-order valence-corrected chi connectivity index (χ3v) is 9.39. The van der Waals surface area contributed by atoms with Gasteiger partial charge in [0.2, 0.25) is 0 Å². The van der Waals surface area contributed by atoms with Crippen molar-refractivity contribution in [1.29, 1.82) is 0 Å². The van der Waals surface area contributed by atoms with Crippen molar-refractivity contribution >= 4 is 49.7 Å². The molecule has 0 saturated carbocycles. The van der Waals surface area contributed by atoms with Gasteiger partial charge in [-0.1, -0.05) is 6.07 Å². The monoisotopic (exact) mass is 551 g/mol. The van der Waals surface area contributed by atoms with E-state index >= 15 is 0 Å². The Morgan fingerprint density at radius 1 is 1.23 bits per heavy atom. The van der Waals surface area contributed by atoms with E-state index in [-0.39, 0.29) is 23.3 Å². The van der Waals surface area contributed by atoms with Gasteiger partial charge in [0.25, 0.3) is 0 Å². The molecule has 0 amide bonds. The first-order valence-electron chi connectivity index (χ1n) is 13.2. The Labute approximate surface area is 227 Å². The van der Waals surface area contributed by atoms with Crippen molar-refractivity contribution < 1.29 is 13.2 Å². The number of anilines is 4. The van der Waals surface area contributed by atoms with Crippen LogP contribution in [-0.2, 0) is 14.6 Å². The highest BCUT2D eigenvalue weighted by Crippen LogP contribution is 2.43. The molecule has 3 aliphatic heterocycles. The van der Waals surface area contributed by atoms with Gasteiger partial charge >= 0.3 is 0 Å². The maximum absolute atomic E-state index is 11.8. The molecule has 206 valence electrons. The molecule has 2 fully saturated rings. The zero-order valence-corrected chi connectivity index (χ0v) is 23.0. The number of rotatable bonds is 5. The van der Waals surface area contributed by atoms with Crippen LogP contribution in [0.4, 0.5) is 28.7 Å². The zero-order valence-electron chi connectivity index (χ0n) is 22.2. The van der Waals surface area contributed by atoms with E-state index in [2.05, 4.69) is 31.8 Å². The zero-order chi connectivity index (χ0) is 27.4. The fourth-order valence-electron chi connectivity index (χ4n) is 6.03. The Bertz CT molecular complexity index is 1540. The van der Waals surface area contributed by atoms with E-state index < -0.39 is 9.84 Å². The molecular formula is C26H33N9O3S. The van der Waals surface area contributed by atoms with Crippen molar-refractivity contribution in [2.75, 3.05) is 66.0 Å². The molecule has 1 spiro atoms. The highest BCUT2D eigenvalue weighted by atomic mass is 32.2. The predicted molar refractivity (Wildman–Crippen MR) is 151 cm³/mol. The maximum Gasteiger partial charge on any atom is 0.189 e. The van der Waals surface area contributed by atoms with Crippen LogP contribution in [0.1, 0.15) is 19.8 Å². The maximum atomic E-state index is 11.8. The van der Waals surface area contributed by atoms with Crippen LogP contribution in [0.3, 0.4) is 0 Å². The third-order valence-electron chi connectivity index (χ3n) is 8.47. The molecular weight excluding hydrogens is 518 g/mol. The molecule has 0 bridgehead atoms. The van der Waals surface area contributed by atoms with E-state index in [4.69, 9.17) is 27.0 Å². The van der Waals surface area contributed by atoms with Gasteiger partial charge in [0.05, 0.1) is 42.6 Å². The summed E-state index contributed by atoms with van der Waals surface area (Å²) in [6.45, 7) is 13.4. The molecule has 3 aliphatic rings. The number of hydrogen-bond acceptors (Lipinski definition) is 10. The number of aromatic nitrogens is 4. The summed E-state index contributed by atoms with van der Waals surface area (Å²) in [4.78, 5) is 19.5. The minimum absolute atomic E-state index is 0.0402. The Morgan fingerprint density at radius 2 is 2.03 bits per heavy atom. The van der Waals surface area contributed by atoms with Crippen molar-refractivity contribution in [1.82, 2.24) is 20.2 Å². The van der Waals surface area contributed by atoms with E-state index in [9.17, 15) is 8.42 Å². The number of nitrogens with two attached hydrogens (primary N) is 1. The fraction of sp³-hybridized carbons (Fsp3) is 0.538. The lowest BCUT2D eigenvalue weighted by Gasteiger charge is -2.41. The number of ether oxygens (including phenoxy) is 1. The molecule has 3 N–H and O–H groups in total. The van der Waals surface area contributed by atoms with Crippen LogP contribution >= 0.6 is 0 Å². The van der Waals surface area contributed by atoms with Crippen molar-refractivity contribution in [3.05, 3.63) is 35.8 Å². The summed E-state index contributed by atoms with van der Waals surface area (Å²) in [6, 6.07) is 5.52. The molecule has 6 rings (SSSR count). The molecule has 0 unspecified atom stereocenters. The number of hydrogen-bond donors (Lipinski definition) is 2. The average molecular weight is 552 g/mol. The van der Waals surface area contributed by atoms with E-state index in [1.165, 1.54) is 6.26 Å². The summed E-state index contributed by atoms with van der Waals surface area (Å²) in [5.41, 5.74) is 9.96. The number of aromatic amines is 1. The number of nitrogens with zero attached hydrogens (tertiary/aromatic N) is 7. The predicted octanol–water partition coefficient (Wildman–Crippen LogP) is 2.24. The minimum Gasteiger partial charge on any atom is -0.376 e. The fourth-order valence-corrected chi connectivity index (χ4v) is 6.58. The number of fused-ring (bicyclic) bond motifs is 2. The number of benzene rings is 1. The summed E-state index contributed by atoms with van der Waals surface area (Å²) in [5.74, 6) is 1.51. The molecule has 39 heavy (non-hydrogen) atoms. The van der Waals surface area contributed by atoms with Crippen molar-refractivity contribution in [3.63, 3.8) is 0 Å². The van der Waals surface area contributed by atoms with Gasteiger partial charge in [0.15, 0.2) is 22.7 Å². The molecule has 2 aromatic heterocycles. The van der Waals surface area contributed by atoms with E-state index in [0.717, 1.165) is 49.7 Å². The molecule has 12 nitrogen and oxygen atoms in total. The summed E-state index contributed by atoms with van der Waals surface area (Å²) >= 11 is 0. The van der Waals surface area contributed by atoms with Crippen LogP contribution in [0, 0.1) is 12.0 Å². The Kier molecular flexibility index (Phi) is 6.36. The van der Waals surface area contributed by atoms with Crippen LogP contribution < -0.4 is 20.4 Å². The number of nitrogens with one attached hydrogen (secondary N) is 1. The van der Waals surface area contributed by atoms with Gasteiger partial charge in [-0.15, -0.1) is 0 Å². The van der Waals surface area contributed by atoms with Crippen LogP contribution in [-0.4, -0.2) is 92.1 Å². The smallest absolute Gasteiger partial charge is 0.189 e. The van der Waals surface area contributed by atoms with Crippen LogP contribution in [0.15, 0.2) is 24.4 Å². The number of piperidine rings is 1. The summed E-state index contributed by atoms with van der Waals surface area (Å²) < 4.78 is 29.5. The van der Waals surface area contributed by atoms with Crippen LogP contribution in [0.25, 0.3) is 16.0 Å². The second-order valence-corrected chi connectivity index (χ2v) is 13.2. The first-order chi connectivity index (χ1) is 18.7. The van der Waals surface area contributed by atoms with E-state index in [1.54, 1.807) is 18.3 Å². The lowest BCUT2D eigenvalue weighted by atomic mass is 9.73. The Hall–Kier alpha value is -3.47. The third kappa shape index (κ3) is 4.66. The van der Waals surface area contributed by atoms with Gasteiger partial charge < -0.3 is 25.2 Å². The van der Waals surface area contributed by atoms with Gasteiger partial charge in [0, 0.05) is 50.4 Å².